The highest BCUT2D eigenvalue weighted by atomic mass is 19.4. The van der Waals surface area contributed by atoms with Gasteiger partial charge in [0.1, 0.15) is 12.5 Å². The first kappa shape index (κ1) is 12.4. The lowest BCUT2D eigenvalue weighted by atomic mass is 10.2. The normalized spacial score (nSPS) is 14.2. The number of halogens is 3. The number of hydrogen-bond donors (Lipinski definition) is 0. The van der Waals surface area contributed by atoms with E-state index in [0.29, 0.717) is 0 Å². The van der Waals surface area contributed by atoms with Gasteiger partial charge in [-0.1, -0.05) is 0 Å². The second-order valence-corrected chi connectivity index (χ2v) is 2.44. The smallest absolute Gasteiger partial charge is 0.382 e. The number of carbonyl (C=O) groups is 1. The highest BCUT2D eigenvalue weighted by Crippen LogP contribution is 2.20. The van der Waals surface area contributed by atoms with Crippen LogP contribution in [0.4, 0.5) is 13.2 Å². The van der Waals surface area contributed by atoms with Crippen LogP contribution in [0.25, 0.3) is 0 Å². The van der Waals surface area contributed by atoms with Crippen molar-refractivity contribution in [3.63, 3.8) is 0 Å². The molecule has 13 heavy (non-hydrogen) atoms. The van der Waals surface area contributed by atoms with Crippen LogP contribution in [0.5, 0.6) is 0 Å². The zero-order chi connectivity index (χ0) is 10.5. The number of ether oxygens (including phenoxy) is 2. The van der Waals surface area contributed by atoms with E-state index in [-0.39, 0.29) is 6.61 Å². The van der Waals surface area contributed by atoms with Crippen molar-refractivity contribution in [2.45, 2.75) is 18.7 Å². The summed E-state index contributed by atoms with van der Waals surface area (Å²) in [6, 6.07) is 0. The molecule has 0 rings (SSSR count). The molecule has 0 bridgehead atoms. The van der Waals surface area contributed by atoms with E-state index in [2.05, 4.69) is 9.47 Å². The number of Topliss-reactive ketones (excluding diaryl/α,β-unsaturated/α-hetero) is 1. The van der Waals surface area contributed by atoms with Crippen LogP contribution < -0.4 is 0 Å². The third kappa shape index (κ3) is 5.59. The molecule has 0 aliphatic heterocycles. The lowest BCUT2D eigenvalue weighted by Gasteiger charge is -2.13. The molecule has 1 atom stereocenters. The summed E-state index contributed by atoms with van der Waals surface area (Å²) in [6.45, 7) is -0.161. The molecule has 0 aliphatic carbocycles. The summed E-state index contributed by atoms with van der Waals surface area (Å²) in [7, 11) is 2.45. The third-order valence-corrected chi connectivity index (χ3v) is 1.34. The van der Waals surface area contributed by atoms with E-state index < -0.39 is 24.5 Å². The van der Waals surface area contributed by atoms with Gasteiger partial charge in [0.15, 0.2) is 5.78 Å². The van der Waals surface area contributed by atoms with Gasteiger partial charge in [0, 0.05) is 14.2 Å². The van der Waals surface area contributed by atoms with Crippen LogP contribution in [0.1, 0.15) is 6.42 Å². The summed E-state index contributed by atoms with van der Waals surface area (Å²) in [4.78, 5) is 10.9. The van der Waals surface area contributed by atoms with E-state index in [1.54, 1.807) is 0 Å². The topological polar surface area (TPSA) is 35.5 Å². The first-order valence-corrected chi connectivity index (χ1v) is 3.52. The van der Waals surface area contributed by atoms with E-state index in [1.165, 1.54) is 7.11 Å². The minimum absolute atomic E-state index is 0.161. The monoisotopic (exact) mass is 200 g/mol. The van der Waals surface area contributed by atoms with Crippen LogP contribution in [-0.4, -0.2) is 38.9 Å². The third-order valence-electron chi connectivity index (χ3n) is 1.34. The summed E-state index contributed by atoms with van der Waals surface area (Å²) >= 11 is 0. The second kappa shape index (κ2) is 5.18. The average molecular weight is 200 g/mol. The molecule has 0 N–H and O–H groups in total. The molecule has 0 aliphatic rings. The molecule has 0 aromatic carbocycles. The van der Waals surface area contributed by atoms with Gasteiger partial charge in [0.25, 0.3) is 0 Å². The van der Waals surface area contributed by atoms with Crippen molar-refractivity contribution in [1.82, 2.24) is 0 Å². The minimum atomic E-state index is -4.48. The number of carbonyl (C=O) groups excluding carboxylic acids is 1. The van der Waals surface area contributed by atoms with Gasteiger partial charge in [-0.2, -0.15) is 13.2 Å². The number of ketones is 1. The predicted octanol–water partition coefficient (Wildman–Crippen LogP) is 1.17. The fourth-order valence-electron chi connectivity index (χ4n) is 0.755. The van der Waals surface area contributed by atoms with Gasteiger partial charge in [-0.15, -0.1) is 0 Å². The van der Waals surface area contributed by atoms with Crippen LogP contribution in [0, 0.1) is 0 Å². The Labute approximate surface area is 73.8 Å². The molecule has 0 radical (unpaired) electrons. The lowest BCUT2D eigenvalue weighted by Crippen LogP contribution is -2.31. The molecule has 0 amide bonds. The van der Waals surface area contributed by atoms with E-state index >= 15 is 0 Å². The zero-order valence-corrected chi connectivity index (χ0v) is 7.35. The molecule has 0 fully saturated rings. The molecule has 6 heteroatoms. The van der Waals surface area contributed by atoms with Gasteiger partial charge in [0.05, 0.1) is 6.61 Å². The predicted molar refractivity (Wildman–Crippen MR) is 38.4 cm³/mol. The van der Waals surface area contributed by atoms with Gasteiger partial charge < -0.3 is 9.47 Å². The van der Waals surface area contributed by atoms with E-state index in [0.717, 1.165) is 7.11 Å². The quantitative estimate of drug-likeness (QED) is 0.668. The van der Waals surface area contributed by atoms with Gasteiger partial charge in [-0.3, -0.25) is 4.79 Å². The minimum Gasteiger partial charge on any atom is -0.382 e. The van der Waals surface area contributed by atoms with Crippen LogP contribution in [0.2, 0.25) is 0 Å². The van der Waals surface area contributed by atoms with Gasteiger partial charge in [-0.25, -0.2) is 0 Å². The first-order chi connectivity index (χ1) is 5.90. The SMILES string of the molecule is COCC(OC)C(=O)CC(F)(F)F. The maximum atomic E-state index is 11.7. The number of rotatable bonds is 5. The average Bonchev–Trinajstić information content (AvgIpc) is 1.96. The molecule has 0 saturated carbocycles. The molecule has 0 spiro atoms. The number of methoxy groups -OCH3 is 2. The van der Waals surface area contributed by atoms with Crippen molar-refractivity contribution in [3.8, 4) is 0 Å². The van der Waals surface area contributed by atoms with Crippen molar-refractivity contribution in [3.05, 3.63) is 0 Å². The Morgan fingerprint density at radius 2 is 1.92 bits per heavy atom. The number of alkyl halides is 3. The number of hydrogen-bond acceptors (Lipinski definition) is 3. The first-order valence-electron chi connectivity index (χ1n) is 3.52. The molecule has 78 valence electrons. The molecule has 0 aromatic rings. The highest BCUT2D eigenvalue weighted by molar-refractivity contribution is 5.83. The van der Waals surface area contributed by atoms with E-state index in [1.807, 2.05) is 0 Å². The molecule has 0 heterocycles. The van der Waals surface area contributed by atoms with Crippen molar-refractivity contribution in [2.24, 2.45) is 0 Å². The summed E-state index contributed by atoms with van der Waals surface area (Å²) in [5.41, 5.74) is 0. The largest absolute Gasteiger partial charge is 0.396 e. The summed E-state index contributed by atoms with van der Waals surface area (Å²) in [6.07, 6.45) is -7.09. The van der Waals surface area contributed by atoms with Crippen molar-refractivity contribution in [1.29, 1.82) is 0 Å². The van der Waals surface area contributed by atoms with Crippen LogP contribution in [0.15, 0.2) is 0 Å². The van der Waals surface area contributed by atoms with Crippen molar-refractivity contribution < 1.29 is 27.4 Å². The van der Waals surface area contributed by atoms with E-state index in [4.69, 9.17) is 0 Å². The Balaban J connectivity index is 4.06. The van der Waals surface area contributed by atoms with Gasteiger partial charge in [-0.05, 0) is 0 Å². The van der Waals surface area contributed by atoms with Crippen molar-refractivity contribution >= 4 is 5.78 Å². The second-order valence-electron chi connectivity index (χ2n) is 2.44. The van der Waals surface area contributed by atoms with Crippen LogP contribution >= 0.6 is 0 Å². The summed E-state index contributed by atoms with van der Waals surface area (Å²) < 4.78 is 44.2. The Kier molecular flexibility index (Phi) is 4.94. The van der Waals surface area contributed by atoms with Crippen LogP contribution in [0.3, 0.4) is 0 Å². The van der Waals surface area contributed by atoms with Gasteiger partial charge >= 0.3 is 6.18 Å². The van der Waals surface area contributed by atoms with E-state index in [9.17, 15) is 18.0 Å². The highest BCUT2D eigenvalue weighted by Gasteiger charge is 2.34. The molecule has 0 aromatic heterocycles. The lowest BCUT2D eigenvalue weighted by molar-refractivity contribution is -0.160. The Morgan fingerprint density at radius 3 is 2.23 bits per heavy atom. The molecular weight excluding hydrogens is 189 g/mol. The molecular formula is C7H11F3O3. The molecule has 3 nitrogen and oxygen atoms in total. The standard InChI is InChI=1S/C7H11F3O3/c1-12-4-6(13-2)5(11)3-7(8,9)10/h6H,3-4H2,1-2H3. The maximum absolute atomic E-state index is 11.7. The zero-order valence-electron chi connectivity index (χ0n) is 7.35. The van der Waals surface area contributed by atoms with Crippen LogP contribution in [-0.2, 0) is 14.3 Å². The Hall–Kier alpha value is -0.620. The summed E-state index contributed by atoms with van der Waals surface area (Å²) in [5, 5.41) is 0. The maximum Gasteiger partial charge on any atom is 0.396 e. The fraction of sp³-hybridized carbons (Fsp3) is 0.857. The molecule has 1 unspecified atom stereocenters. The molecule has 0 saturated heterocycles. The van der Waals surface area contributed by atoms with Gasteiger partial charge in [0.2, 0.25) is 0 Å². The fourth-order valence-corrected chi connectivity index (χ4v) is 0.755. The Bertz CT molecular complexity index is 167. The summed E-state index contributed by atoms with van der Waals surface area (Å²) in [5.74, 6) is -1.02. The van der Waals surface area contributed by atoms with Crippen molar-refractivity contribution in [2.75, 3.05) is 20.8 Å². The Morgan fingerprint density at radius 1 is 1.38 bits per heavy atom.